The van der Waals surface area contributed by atoms with Crippen molar-refractivity contribution in [3.63, 3.8) is 0 Å². The van der Waals surface area contributed by atoms with Crippen LogP contribution in [0.3, 0.4) is 0 Å². The highest BCUT2D eigenvalue weighted by molar-refractivity contribution is 6.15. The van der Waals surface area contributed by atoms with Crippen LogP contribution in [0.25, 0.3) is 0 Å². The zero-order valence-electron chi connectivity index (χ0n) is 16.9. The molecule has 6 nitrogen and oxygen atoms in total. The molecule has 0 heterocycles. The van der Waals surface area contributed by atoms with Crippen LogP contribution in [0.4, 0.5) is 0 Å². The van der Waals surface area contributed by atoms with E-state index >= 15 is 0 Å². The fourth-order valence-corrected chi connectivity index (χ4v) is 2.64. The van der Waals surface area contributed by atoms with Gasteiger partial charge in [0.1, 0.15) is 0 Å². The average molecular weight is 426 g/mol. The minimum Gasteiger partial charge on any atom is -0.346 e. The van der Waals surface area contributed by atoms with Gasteiger partial charge in [0.25, 0.3) is 0 Å². The van der Waals surface area contributed by atoms with Gasteiger partial charge in [-0.2, -0.15) is 0 Å². The first-order valence-corrected chi connectivity index (χ1v) is 9.86. The summed E-state index contributed by atoms with van der Waals surface area (Å²) in [6, 6.07) is 15.9. The minimum absolute atomic E-state index is 0.168. The Morgan fingerprint density at radius 3 is 2.13 bits per heavy atom. The van der Waals surface area contributed by atoms with E-state index in [-0.39, 0.29) is 12.3 Å². The smallest absolute Gasteiger partial charge is 0.239 e. The van der Waals surface area contributed by atoms with Crippen molar-refractivity contribution in [2.75, 3.05) is 6.54 Å². The molecular weight excluding hydrogens is 402 g/mol. The summed E-state index contributed by atoms with van der Waals surface area (Å²) >= 11 is 5.38. The number of amides is 2. The Morgan fingerprint density at radius 2 is 1.57 bits per heavy atom. The zero-order valence-corrected chi connectivity index (χ0v) is 17.6. The van der Waals surface area contributed by atoms with Crippen molar-refractivity contribution in [1.82, 2.24) is 15.5 Å². The lowest BCUT2D eigenvalue weighted by molar-refractivity contribution is -0.128. The summed E-state index contributed by atoms with van der Waals surface area (Å²) < 4.78 is 0. The van der Waals surface area contributed by atoms with Crippen molar-refractivity contribution in [3.05, 3.63) is 71.3 Å². The summed E-state index contributed by atoms with van der Waals surface area (Å²) in [5, 5.41) is 5.11. The molecule has 0 fully saturated rings. The lowest BCUT2D eigenvalue weighted by Crippen LogP contribution is -2.48. The van der Waals surface area contributed by atoms with Crippen molar-refractivity contribution < 1.29 is 14.4 Å². The molecule has 2 atom stereocenters. The molecule has 2 amide bonds. The van der Waals surface area contributed by atoms with Crippen LogP contribution in [0.5, 0.6) is 0 Å². The molecule has 7 heteroatoms. The number of halogens is 1. The number of carbonyl (C=O) groups is 3. The second-order valence-corrected chi connectivity index (χ2v) is 7.01. The average Bonchev–Trinajstić information content (AvgIpc) is 2.76. The van der Waals surface area contributed by atoms with Gasteiger partial charge in [-0.05, 0) is 61.9 Å². The Balaban J connectivity index is 1.93. The largest absolute Gasteiger partial charge is 0.346 e. The third-order valence-corrected chi connectivity index (χ3v) is 4.65. The first-order chi connectivity index (χ1) is 14.4. The van der Waals surface area contributed by atoms with Gasteiger partial charge in [-0.15, -0.1) is 0 Å². The van der Waals surface area contributed by atoms with Gasteiger partial charge < -0.3 is 10.6 Å². The van der Waals surface area contributed by atoms with E-state index in [1.165, 1.54) is 6.92 Å². The van der Waals surface area contributed by atoms with E-state index in [4.69, 9.17) is 11.8 Å². The molecule has 0 aliphatic heterocycles. The number of hydrogen-bond acceptors (Lipinski definition) is 4. The summed E-state index contributed by atoms with van der Waals surface area (Å²) in [6.07, 6.45) is 0.348. The van der Waals surface area contributed by atoms with Crippen molar-refractivity contribution >= 4 is 29.4 Å². The van der Waals surface area contributed by atoms with E-state index in [1.54, 1.807) is 6.92 Å². The number of rotatable bonds is 8. The highest BCUT2D eigenvalue weighted by atomic mass is 35.5. The van der Waals surface area contributed by atoms with Crippen LogP contribution in [0.15, 0.2) is 54.6 Å². The number of ketones is 1. The molecule has 0 bridgehead atoms. The molecule has 3 N–H and O–H groups in total. The molecule has 0 aliphatic rings. The van der Waals surface area contributed by atoms with E-state index in [9.17, 15) is 14.4 Å². The third kappa shape index (κ3) is 7.70. The molecule has 2 rings (SSSR count). The fraction of sp³-hybridized carbons (Fsp3) is 0.261. The predicted molar refractivity (Wildman–Crippen MR) is 117 cm³/mol. The highest BCUT2D eigenvalue weighted by Gasteiger charge is 2.19. The molecule has 2 aromatic carbocycles. The molecule has 30 heavy (non-hydrogen) atoms. The lowest BCUT2D eigenvalue weighted by Gasteiger charge is -2.17. The van der Waals surface area contributed by atoms with Crippen molar-refractivity contribution in [2.24, 2.45) is 0 Å². The minimum atomic E-state index is -0.681. The van der Waals surface area contributed by atoms with Gasteiger partial charge in [0.15, 0.2) is 5.78 Å². The second-order valence-electron chi connectivity index (χ2n) is 6.80. The molecule has 0 radical (unpaired) electrons. The van der Waals surface area contributed by atoms with Crippen LogP contribution >= 0.6 is 11.8 Å². The lowest BCUT2D eigenvalue weighted by atomic mass is 10.0. The Kier molecular flexibility index (Phi) is 9.07. The summed E-state index contributed by atoms with van der Waals surface area (Å²) in [7, 11) is 0. The number of hydrogen-bond donors (Lipinski definition) is 3. The zero-order chi connectivity index (χ0) is 21.9. The van der Waals surface area contributed by atoms with E-state index in [0.29, 0.717) is 6.42 Å². The van der Waals surface area contributed by atoms with E-state index < -0.39 is 23.9 Å². The van der Waals surface area contributed by atoms with Gasteiger partial charge in [-0.25, -0.2) is 4.84 Å². The molecule has 0 aromatic heterocycles. The molecule has 0 saturated carbocycles. The number of carbonyl (C=O) groups excluding carboxylic acids is 3. The SMILES string of the molecule is CC(=O)[C@H](Cc1ccc(C#Cc2ccccc2)cc1)NC(=O)CNC(=O)[C@@H](C)NCl. The maximum Gasteiger partial charge on any atom is 0.239 e. The van der Waals surface area contributed by atoms with Gasteiger partial charge in [-0.3, -0.25) is 14.4 Å². The van der Waals surface area contributed by atoms with Crippen LogP contribution in [0, 0.1) is 11.8 Å². The van der Waals surface area contributed by atoms with Gasteiger partial charge in [-0.1, -0.05) is 42.2 Å². The quantitative estimate of drug-likeness (QED) is 0.445. The molecule has 2 aromatic rings. The number of Topliss-reactive ketones (excluding diaryl/α,β-unsaturated/α-hetero) is 1. The summed E-state index contributed by atoms with van der Waals surface area (Å²) in [4.78, 5) is 38.0. The van der Waals surface area contributed by atoms with E-state index in [1.807, 2.05) is 54.6 Å². The Hall–Kier alpha value is -3.14. The Bertz CT molecular complexity index is 934. The normalized spacial score (nSPS) is 12.1. The van der Waals surface area contributed by atoms with E-state index in [2.05, 4.69) is 27.3 Å². The van der Waals surface area contributed by atoms with Gasteiger partial charge >= 0.3 is 0 Å². The van der Waals surface area contributed by atoms with Gasteiger partial charge in [0, 0.05) is 11.1 Å². The van der Waals surface area contributed by atoms with Crippen LogP contribution in [-0.4, -0.2) is 36.2 Å². The van der Waals surface area contributed by atoms with Crippen LogP contribution in [0.2, 0.25) is 0 Å². The molecule has 0 unspecified atom stereocenters. The Morgan fingerprint density at radius 1 is 0.967 bits per heavy atom. The van der Waals surface area contributed by atoms with Crippen LogP contribution < -0.4 is 15.5 Å². The topological polar surface area (TPSA) is 87.3 Å². The van der Waals surface area contributed by atoms with Gasteiger partial charge in [0.05, 0.1) is 18.6 Å². The maximum atomic E-state index is 12.1. The summed E-state index contributed by atoms with van der Waals surface area (Å²) in [6.45, 7) is 2.74. The monoisotopic (exact) mass is 425 g/mol. The first kappa shape index (κ1) is 23.1. The molecule has 0 aliphatic carbocycles. The standard InChI is InChI=1S/C23H24ClN3O3/c1-16(27-24)23(30)25-15-22(29)26-21(17(2)28)14-20-12-10-19(11-13-20)9-8-18-6-4-3-5-7-18/h3-7,10-13,16,21,27H,14-15H2,1-2H3,(H,25,30)(H,26,29)/t16-,21+/m1/s1. The fourth-order valence-electron chi connectivity index (χ4n) is 2.54. The highest BCUT2D eigenvalue weighted by Crippen LogP contribution is 2.08. The third-order valence-electron chi connectivity index (χ3n) is 4.32. The van der Waals surface area contributed by atoms with Crippen molar-refractivity contribution in [3.8, 4) is 11.8 Å². The number of benzene rings is 2. The number of nitrogens with one attached hydrogen (secondary N) is 3. The molecule has 0 spiro atoms. The molecule has 156 valence electrons. The summed E-state index contributed by atoms with van der Waals surface area (Å²) in [5.41, 5.74) is 2.68. The molecule has 0 saturated heterocycles. The van der Waals surface area contributed by atoms with Gasteiger partial charge in [0.2, 0.25) is 11.8 Å². The predicted octanol–water partition coefficient (Wildman–Crippen LogP) is 1.95. The first-order valence-electron chi connectivity index (χ1n) is 9.48. The van der Waals surface area contributed by atoms with Crippen molar-refractivity contribution in [1.29, 1.82) is 0 Å². The van der Waals surface area contributed by atoms with E-state index in [0.717, 1.165) is 16.7 Å². The Labute approximate surface area is 181 Å². The maximum absolute atomic E-state index is 12.1. The summed E-state index contributed by atoms with van der Waals surface area (Å²) in [5.74, 6) is 5.16. The van der Waals surface area contributed by atoms with Crippen LogP contribution in [0.1, 0.15) is 30.5 Å². The molecular formula is C23H24ClN3O3. The van der Waals surface area contributed by atoms with Crippen LogP contribution in [-0.2, 0) is 20.8 Å². The van der Waals surface area contributed by atoms with Crippen molar-refractivity contribution in [2.45, 2.75) is 32.4 Å². The second kappa shape index (κ2) is 11.8.